The molecule has 3 aromatic rings. The molecule has 2 aromatic heterocycles. The maximum absolute atomic E-state index is 12.4. The van der Waals surface area contributed by atoms with Crippen LogP contribution in [0.3, 0.4) is 0 Å². The summed E-state index contributed by atoms with van der Waals surface area (Å²) in [4.78, 5) is 25.5. The molecule has 118 valence electrons. The van der Waals surface area contributed by atoms with Gasteiger partial charge in [0.05, 0.1) is 10.6 Å². The van der Waals surface area contributed by atoms with Crippen LogP contribution in [0.15, 0.2) is 30.3 Å². The quantitative estimate of drug-likeness (QED) is 0.776. The molecule has 2 heterocycles. The van der Waals surface area contributed by atoms with E-state index in [0.29, 0.717) is 16.1 Å². The molecule has 0 saturated carbocycles. The smallest absolute Gasteiger partial charge is 0.265 e. The maximum atomic E-state index is 12.4. The number of carbonyl (C=O) groups excluding carboxylic acids is 2. The van der Waals surface area contributed by atoms with Crippen molar-refractivity contribution in [2.45, 2.75) is 6.92 Å². The summed E-state index contributed by atoms with van der Waals surface area (Å²) in [6, 6.07) is 8.63. The fourth-order valence-corrected chi connectivity index (χ4v) is 3.38. The van der Waals surface area contributed by atoms with E-state index < -0.39 is 0 Å². The number of thiophene rings is 1. The third kappa shape index (κ3) is 2.83. The minimum absolute atomic E-state index is 0.157. The molecule has 0 aliphatic heterocycles. The standard InChI is InChI=1S/C16H16N4O2S/c1-9-12-8-13(23-16(12)20(3)19-9)15(22)18-11-6-4-10(5-7-11)14(21)17-2/h4-8H,1-3H3,(H,17,21)(H,18,22). The largest absolute Gasteiger partial charge is 0.355 e. The second-order valence-corrected chi connectivity index (χ2v) is 6.18. The fourth-order valence-electron chi connectivity index (χ4n) is 2.36. The molecule has 2 amide bonds. The first-order chi connectivity index (χ1) is 11.0. The number of nitrogens with zero attached hydrogens (tertiary/aromatic N) is 2. The summed E-state index contributed by atoms with van der Waals surface area (Å²) in [6.45, 7) is 1.92. The molecule has 7 heteroatoms. The lowest BCUT2D eigenvalue weighted by Crippen LogP contribution is -2.17. The SMILES string of the molecule is CNC(=O)c1ccc(NC(=O)c2cc3c(C)nn(C)c3s2)cc1. The number of benzene rings is 1. The molecule has 2 N–H and O–H groups in total. The number of rotatable bonds is 3. The highest BCUT2D eigenvalue weighted by Crippen LogP contribution is 2.28. The molecule has 0 fully saturated rings. The second-order valence-electron chi connectivity index (χ2n) is 5.15. The van der Waals surface area contributed by atoms with E-state index in [2.05, 4.69) is 15.7 Å². The Labute approximate surface area is 137 Å². The van der Waals surface area contributed by atoms with Gasteiger partial charge in [-0.2, -0.15) is 5.10 Å². The molecule has 0 bridgehead atoms. The Morgan fingerprint density at radius 3 is 2.48 bits per heavy atom. The third-order valence-corrected chi connectivity index (χ3v) is 4.75. The van der Waals surface area contributed by atoms with Crippen LogP contribution in [-0.2, 0) is 7.05 Å². The lowest BCUT2D eigenvalue weighted by Gasteiger charge is -2.05. The predicted molar refractivity (Wildman–Crippen MR) is 91.1 cm³/mol. The van der Waals surface area contributed by atoms with Crippen LogP contribution in [0.25, 0.3) is 10.2 Å². The summed E-state index contributed by atoms with van der Waals surface area (Å²) in [6.07, 6.45) is 0. The van der Waals surface area contributed by atoms with Crippen LogP contribution in [0, 0.1) is 6.92 Å². The molecule has 3 rings (SSSR count). The Balaban J connectivity index is 1.80. The van der Waals surface area contributed by atoms with Gasteiger partial charge < -0.3 is 10.6 Å². The Kier molecular flexibility index (Phi) is 3.87. The van der Waals surface area contributed by atoms with Crippen LogP contribution < -0.4 is 10.6 Å². The van der Waals surface area contributed by atoms with E-state index in [-0.39, 0.29) is 11.8 Å². The molecule has 1 aromatic carbocycles. The first kappa shape index (κ1) is 15.2. The van der Waals surface area contributed by atoms with Crippen molar-refractivity contribution >= 4 is 39.1 Å². The van der Waals surface area contributed by atoms with E-state index in [9.17, 15) is 9.59 Å². The number of amides is 2. The summed E-state index contributed by atoms with van der Waals surface area (Å²) in [5.74, 6) is -0.325. The fraction of sp³-hybridized carbons (Fsp3) is 0.188. The van der Waals surface area contributed by atoms with Crippen LogP contribution in [0.4, 0.5) is 5.69 Å². The van der Waals surface area contributed by atoms with Crippen LogP contribution >= 0.6 is 11.3 Å². The second kappa shape index (κ2) is 5.85. The van der Waals surface area contributed by atoms with Gasteiger partial charge in [0.15, 0.2) is 0 Å². The molecular weight excluding hydrogens is 312 g/mol. The Morgan fingerprint density at radius 1 is 1.17 bits per heavy atom. The van der Waals surface area contributed by atoms with Gasteiger partial charge in [-0.15, -0.1) is 11.3 Å². The molecule has 0 spiro atoms. The molecule has 0 aliphatic rings. The zero-order valence-electron chi connectivity index (χ0n) is 13.0. The van der Waals surface area contributed by atoms with E-state index in [1.807, 2.05) is 20.0 Å². The lowest BCUT2D eigenvalue weighted by atomic mass is 10.2. The van der Waals surface area contributed by atoms with Gasteiger partial charge in [-0.3, -0.25) is 14.3 Å². The summed E-state index contributed by atoms with van der Waals surface area (Å²) in [7, 11) is 3.45. The average molecular weight is 328 g/mol. The van der Waals surface area contributed by atoms with E-state index in [1.165, 1.54) is 11.3 Å². The zero-order valence-corrected chi connectivity index (χ0v) is 13.8. The number of nitrogens with one attached hydrogen (secondary N) is 2. The van der Waals surface area contributed by atoms with Gasteiger partial charge in [-0.05, 0) is 37.3 Å². The first-order valence-corrected chi connectivity index (χ1v) is 7.88. The Bertz CT molecular complexity index is 858. The minimum Gasteiger partial charge on any atom is -0.355 e. The Hall–Kier alpha value is -2.67. The van der Waals surface area contributed by atoms with Gasteiger partial charge >= 0.3 is 0 Å². The number of aryl methyl sites for hydroxylation is 2. The number of aromatic nitrogens is 2. The van der Waals surface area contributed by atoms with Crippen LogP contribution in [0.1, 0.15) is 25.7 Å². The van der Waals surface area contributed by atoms with Crippen molar-refractivity contribution < 1.29 is 9.59 Å². The van der Waals surface area contributed by atoms with Gasteiger partial charge in [0.2, 0.25) is 0 Å². The van der Waals surface area contributed by atoms with Gasteiger partial charge in [-0.1, -0.05) is 0 Å². The van der Waals surface area contributed by atoms with Crippen molar-refractivity contribution in [3.63, 3.8) is 0 Å². The minimum atomic E-state index is -0.168. The number of hydrogen-bond acceptors (Lipinski definition) is 4. The summed E-state index contributed by atoms with van der Waals surface area (Å²) in [5.41, 5.74) is 2.11. The molecule has 0 aliphatic carbocycles. The van der Waals surface area contributed by atoms with Crippen molar-refractivity contribution in [3.05, 3.63) is 46.5 Å². The van der Waals surface area contributed by atoms with Crippen LogP contribution in [0.5, 0.6) is 0 Å². The summed E-state index contributed by atoms with van der Waals surface area (Å²) in [5, 5.41) is 10.7. The molecule has 6 nitrogen and oxygen atoms in total. The van der Waals surface area contributed by atoms with Gasteiger partial charge in [0, 0.05) is 30.7 Å². The molecule has 23 heavy (non-hydrogen) atoms. The third-order valence-electron chi connectivity index (χ3n) is 3.55. The van der Waals surface area contributed by atoms with E-state index in [4.69, 9.17) is 0 Å². The van der Waals surface area contributed by atoms with Gasteiger partial charge in [0.25, 0.3) is 11.8 Å². The molecular formula is C16H16N4O2S. The number of anilines is 1. The lowest BCUT2D eigenvalue weighted by molar-refractivity contribution is 0.0962. The highest BCUT2D eigenvalue weighted by Gasteiger charge is 2.15. The van der Waals surface area contributed by atoms with E-state index >= 15 is 0 Å². The van der Waals surface area contributed by atoms with Gasteiger partial charge in [0.1, 0.15) is 4.83 Å². The molecule has 0 unspecified atom stereocenters. The van der Waals surface area contributed by atoms with Crippen molar-refractivity contribution in [2.75, 3.05) is 12.4 Å². The molecule has 0 atom stereocenters. The van der Waals surface area contributed by atoms with Crippen molar-refractivity contribution in [3.8, 4) is 0 Å². The van der Waals surface area contributed by atoms with Crippen LogP contribution in [0.2, 0.25) is 0 Å². The zero-order chi connectivity index (χ0) is 16.6. The highest BCUT2D eigenvalue weighted by molar-refractivity contribution is 7.20. The number of hydrogen-bond donors (Lipinski definition) is 2. The van der Waals surface area contributed by atoms with Crippen molar-refractivity contribution in [1.29, 1.82) is 0 Å². The number of carbonyl (C=O) groups is 2. The summed E-state index contributed by atoms with van der Waals surface area (Å²) < 4.78 is 1.78. The Morgan fingerprint density at radius 2 is 1.87 bits per heavy atom. The predicted octanol–water partition coefficient (Wildman–Crippen LogP) is 2.56. The van der Waals surface area contributed by atoms with Crippen LogP contribution in [-0.4, -0.2) is 28.6 Å². The monoisotopic (exact) mass is 328 g/mol. The topological polar surface area (TPSA) is 76.0 Å². The van der Waals surface area contributed by atoms with E-state index in [1.54, 1.807) is 36.0 Å². The molecule has 0 saturated heterocycles. The first-order valence-electron chi connectivity index (χ1n) is 7.06. The van der Waals surface area contributed by atoms with Gasteiger partial charge in [-0.25, -0.2) is 0 Å². The highest BCUT2D eigenvalue weighted by atomic mass is 32.1. The van der Waals surface area contributed by atoms with Crippen molar-refractivity contribution in [2.24, 2.45) is 7.05 Å². The summed E-state index contributed by atoms with van der Waals surface area (Å²) >= 11 is 1.41. The molecule has 0 radical (unpaired) electrons. The van der Waals surface area contributed by atoms with Crippen molar-refractivity contribution in [1.82, 2.24) is 15.1 Å². The maximum Gasteiger partial charge on any atom is 0.265 e. The normalized spacial score (nSPS) is 10.7. The average Bonchev–Trinajstić information content (AvgIpc) is 3.09. The number of fused-ring (bicyclic) bond motifs is 1. The van der Waals surface area contributed by atoms with E-state index in [0.717, 1.165) is 15.9 Å².